The summed E-state index contributed by atoms with van der Waals surface area (Å²) in [7, 11) is 0. The number of halogens is 3. The Balaban J connectivity index is 1.31. The molecule has 4 aromatic rings. The van der Waals surface area contributed by atoms with Gasteiger partial charge in [-0.1, -0.05) is 18.2 Å². The van der Waals surface area contributed by atoms with Gasteiger partial charge in [-0.2, -0.15) is 13.2 Å². The van der Waals surface area contributed by atoms with Crippen molar-refractivity contribution in [2.24, 2.45) is 0 Å². The van der Waals surface area contributed by atoms with Crippen molar-refractivity contribution >= 4 is 28.8 Å². The number of amides is 1. The lowest BCUT2D eigenvalue weighted by Crippen LogP contribution is -2.15. The van der Waals surface area contributed by atoms with Gasteiger partial charge in [-0.05, 0) is 48.7 Å². The monoisotopic (exact) mass is 506 g/mol. The summed E-state index contributed by atoms with van der Waals surface area (Å²) >= 11 is 0. The van der Waals surface area contributed by atoms with E-state index in [-0.39, 0.29) is 29.5 Å². The summed E-state index contributed by atoms with van der Waals surface area (Å²) < 4.78 is 46.6. The minimum absolute atomic E-state index is 0.0947. The van der Waals surface area contributed by atoms with Crippen LogP contribution in [0.1, 0.15) is 40.9 Å². The van der Waals surface area contributed by atoms with E-state index >= 15 is 0 Å². The number of nitrogen functional groups attached to an aromatic ring is 1. The molecule has 2 atom stereocenters. The highest BCUT2D eigenvalue weighted by molar-refractivity contribution is 6.04. The highest BCUT2D eigenvalue weighted by Crippen LogP contribution is 2.38. The van der Waals surface area contributed by atoms with Crippen LogP contribution >= 0.6 is 0 Å². The molecule has 188 valence electrons. The van der Waals surface area contributed by atoms with E-state index in [0.717, 1.165) is 54.4 Å². The van der Waals surface area contributed by atoms with E-state index in [0.29, 0.717) is 11.4 Å². The Labute approximate surface area is 209 Å². The summed E-state index contributed by atoms with van der Waals surface area (Å²) in [6, 6.07) is 10.1. The minimum Gasteiger partial charge on any atom is -0.371 e. The summed E-state index contributed by atoms with van der Waals surface area (Å²) in [5.74, 6) is 0.0718. The molecule has 11 heteroatoms. The van der Waals surface area contributed by atoms with Gasteiger partial charge in [0.15, 0.2) is 0 Å². The summed E-state index contributed by atoms with van der Waals surface area (Å²) in [6.45, 7) is 0. The number of aromatic nitrogens is 4. The molecule has 2 aliphatic rings. The van der Waals surface area contributed by atoms with Gasteiger partial charge in [-0.25, -0.2) is 15.0 Å². The number of anilines is 2. The second-order valence-corrected chi connectivity index (χ2v) is 9.04. The normalized spacial score (nSPS) is 19.2. The van der Waals surface area contributed by atoms with E-state index in [1.165, 1.54) is 0 Å². The molecule has 3 aromatic heterocycles. The molecule has 1 aromatic carbocycles. The van der Waals surface area contributed by atoms with Crippen molar-refractivity contribution in [3.05, 3.63) is 77.8 Å². The molecule has 6 rings (SSSR count). The number of hydrogen-bond acceptors (Lipinski definition) is 6. The SMILES string of the molecule is Nc1nccc2c(C3=CC4CCC(C3)O4)nc(-c3ccc(C(=O)Nc4cc(C(F)(F)F)ccn4)cc3)n12. The number of rotatable bonds is 4. The summed E-state index contributed by atoms with van der Waals surface area (Å²) in [4.78, 5) is 25.6. The molecule has 0 aliphatic carbocycles. The van der Waals surface area contributed by atoms with Crippen molar-refractivity contribution in [3.8, 4) is 11.4 Å². The summed E-state index contributed by atoms with van der Waals surface area (Å²) in [6.07, 6.45) is 3.31. The van der Waals surface area contributed by atoms with E-state index in [2.05, 4.69) is 21.4 Å². The van der Waals surface area contributed by atoms with Crippen LogP contribution in [0.2, 0.25) is 0 Å². The average Bonchev–Trinajstić information content (AvgIpc) is 3.44. The quantitative estimate of drug-likeness (QED) is 0.404. The number of fused-ring (bicyclic) bond motifs is 3. The third kappa shape index (κ3) is 4.31. The van der Waals surface area contributed by atoms with Crippen LogP contribution in [0.15, 0.2) is 60.9 Å². The first-order chi connectivity index (χ1) is 17.8. The Kier molecular flexibility index (Phi) is 5.45. The van der Waals surface area contributed by atoms with Crippen molar-refractivity contribution in [1.82, 2.24) is 19.4 Å². The van der Waals surface area contributed by atoms with Crippen LogP contribution < -0.4 is 11.1 Å². The number of carbonyl (C=O) groups excluding carboxylic acids is 1. The van der Waals surface area contributed by atoms with Crippen LogP contribution in [0.5, 0.6) is 0 Å². The van der Waals surface area contributed by atoms with Crippen LogP contribution in [-0.4, -0.2) is 37.5 Å². The molecule has 1 fully saturated rings. The van der Waals surface area contributed by atoms with Gasteiger partial charge in [-0.3, -0.25) is 9.20 Å². The van der Waals surface area contributed by atoms with E-state index < -0.39 is 17.6 Å². The Morgan fingerprint density at radius 3 is 2.62 bits per heavy atom. The summed E-state index contributed by atoms with van der Waals surface area (Å²) in [5.41, 5.74) is 9.04. The van der Waals surface area contributed by atoms with Gasteiger partial charge < -0.3 is 15.8 Å². The van der Waals surface area contributed by atoms with Crippen molar-refractivity contribution in [2.45, 2.75) is 37.6 Å². The van der Waals surface area contributed by atoms with Crippen LogP contribution in [0.25, 0.3) is 22.5 Å². The molecular formula is C26H21F3N6O2. The van der Waals surface area contributed by atoms with E-state index in [4.69, 9.17) is 15.5 Å². The number of benzene rings is 1. The van der Waals surface area contributed by atoms with Gasteiger partial charge in [0.2, 0.25) is 5.95 Å². The first-order valence-electron chi connectivity index (χ1n) is 11.7. The highest BCUT2D eigenvalue weighted by Gasteiger charge is 2.32. The molecule has 0 saturated carbocycles. The molecule has 1 saturated heterocycles. The highest BCUT2D eigenvalue weighted by atomic mass is 19.4. The van der Waals surface area contributed by atoms with Gasteiger partial charge >= 0.3 is 6.18 Å². The number of pyridine rings is 1. The smallest absolute Gasteiger partial charge is 0.371 e. The molecule has 2 aliphatic heterocycles. The largest absolute Gasteiger partial charge is 0.416 e. The maximum absolute atomic E-state index is 13.0. The molecule has 37 heavy (non-hydrogen) atoms. The minimum atomic E-state index is -4.53. The predicted octanol–water partition coefficient (Wildman–Crippen LogP) is 4.98. The zero-order chi connectivity index (χ0) is 25.7. The predicted molar refractivity (Wildman–Crippen MR) is 131 cm³/mol. The number of nitrogens with two attached hydrogens (primary N) is 1. The third-order valence-corrected chi connectivity index (χ3v) is 6.59. The Morgan fingerprint density at radius 1 is 1.08 bits per heavy atom. The zero-order valence-corrected chi connectivity index (χ0v) is 19.4. The molecule has 3 N–H and O–H groups in total. The molecule has 8 nitrogen and oxygen atoms in total. The van der Waals surface area contributed by atoms with Crippen molar-refractivity contribution in [3.63, 3.8) is 0 Å². The van der Waals surface area contributed by atoms with Crippen LogP contribution in [0.4, 0.5) is 24.9 Å². The van der Waals surface area contributed by atoms with Crippen LogP contribution in [0.3, 0.4) is 0 Å². The standard InChI is InChI=1S/C26H21F3N6O2/c27-26(28,29)17-7-9-31-21(13-17)33-24(36)15-3-1-14(2-4-15)23-34-22(20-8-10-32-25(30)35(20)23)16-11-18-5-6-19(12-16)37-18/h1-4,7-11,13,18-19H,5-6,12H2,(H2,30,32)(H,31,33,36). The Hall–Kier alpha value is -4.25. The summed E-state index contributed by atoms with van der Waals surface area (Å²) in [5, 5.41) is 2.41. The molecule has 2 bridgehead atoms. The first-order valence-corrected chi connectivity index (χ1v) is 11.7. The van der Waals surface area contributed by atoms with E-state index in [9.17, 15) is 18.0 Å². The molecule has 2 unspecified atom stereocenters. The third-order valence-electron chi connectivity index (χ3n) is 6.59. The van der Waals surface area contributed by atoms with Gasteiger partial charge in [0.25, 0.3) is 5.91 Å². The lowest BCUT2D eigenvalue weighted by Gasteiger charge is -2.19. The van der Waals surface area contributed by atoms with Crippen LogP contribution in [0, 0.1) is 0 Å². The number of alkyl halides is 3. The van der Waals surface area contributed by atoms with Crippen LogP contribution in [-0.2, 0) is 10.9 Å². The number of carbonyl (C=O) groups is 1. The second-order valence-electron chi connectivity index (χ2n) is 9.04. The topological polar surface area (TPSA) is 107 Å². The lowest BCUT2D eigenvalue weighted by atomic mass is 10.0. The van der Waals surface area contributed by atoms with Crippen molar-refractivity contribution in [1.29, 1.82) is 0 Å². The fourth-order valence-electron chi connectivity index (χ4n) is 4.84. The van der Waals surface area contributed by atoms with Crippen molar-refractivity contribution < 1.29 is 22.7 Å². The van der Waals surface area contributed by atoms with Gasteiger partial charge in [0.05, 0.1) is 29.0 Å². The molecule has 0 spiro atoms. The maximum Gasteiger partial charge on any atom is 0.416 e. The number of hydrogen-bond donors (Lipinski definition) is 2. The molecule has 0 radical (unpaired) electrons. The first kappa shape index (κ1) is 23.2. The average molecular weight is 506 g/mol. The number of imidazole rings is 1. The fraction of sp³-hybridized carbons (Fsp3) is 0.231. The van der Waals surface area contributed by atoms with Gasteiger partial charge in [0.1, 0.15) is 11.6 Å². The van der Waals surface area contributed by atoms with Crippen molar-refractivity contribution in [2.75, 3.05) is 11.1 Å². The zero-order valence-electron chi connectivity index (χ0n) is 19.4. The van der Waals surface area contributed by atoms with Gasteiger partial charge in [0, 0.05) is 29.9 Å². The number of nitrogens with zero attached hydrogens (tertiary/aromatic N) is 4. The molecular weight excluding hydrogens is 485 g/mol. The molecule has 1 amide bonds. The maximum atomic E-state index is 13.0. The molecule has 5 heterocycles. The second kappa shape index (κ2) is 8.70. The van der Waals surface area contributed by atoms with Gasteiger partial charge in [-0.15, -0.1) is 0 Å². The Morgan fingerprint density at radius 2 is 1.86 bits per heavy atom. The number of nitrogens with one attached hydrogen (secondary N) is 1. The lowest BCUT2D eigenvalue weighted by molar-refractivity contribution is -0.137. The fourth-order valence-corrected chi connectivity index (χ4v) is 4.84. The van der Waals surface area contributed by atoms with E-state index in [1.807, 2.05) is 6.07 Å². The van der Waals surface area contributed by atoms with E-state index in [1.54, 1.807) is 34.9 Å². The number of ether oxygens (including phenoxy) is 1. The Bertz CT molecular complexity index is 1540.